The molecule has 0 fully saturated rings. The number of carboxylic acids is 1. The molecule has 3 N–H and O–H groups in total. The number of aryl methyl sites for hydroxylation is 1. The number of thiophene rings is 1. The lowest BCUT2D eigenvalue weighted by molar-refractivity contribution is -0.137. The van der Waals surface area contributed by atoms with Gasteiger partial charge in [0.2, 0.25) is 5.91 Å². The number of hydrogen-bond acceptors (Lipinski definition) is 6. The number of hydrogen-bond donors (Lipinski definition) is 3. The van der Waals surface area contributed by atoms with Gasteiger partial charge in [-0.15, -0.1) is 11.3 Å². The minimum Gasteiger partial charge on any atom is -0.480 e. The van der Waals surface area contributed by atoms with Crippen molar-refractivity contribution >= 4 is 39.2 Å². The number of rotatable bonds is 7. The van der Waals surface area contributed by atoms with Gasteiger partial charge in [0, 0.05) is 10.9 Å². The number of amides is 1. The van der Waals surface area contributed by atoms with Crippen LogP contribution in [0.2, 0.25) is 0 Å². The van der Waals surface area contributed by atoms with Gasteiger partial charge in [0.25, 0.3) is 0 Å². The maximum atomic E-state index is 11.7. The summed E-state index contributed by atoms with van der Waals surface area (Å²) in [6.07, 6.45) is 2.42. The summed E-state index contributed by atoms with van der Waals surface area (Å²) in [6.45, 7) is 1.64. The molecular formula is C18H18N4O3S. The van der Waals surface area contributed by atoms with Crippen molar-refractivity contribution in [1.29, 1.82) is 0 Å². The zero-order valence-electron chi connectivity index (χ0n) is 14.2. The third-order valence-electron chi connectivity index (χ3n) is 3.90. The van der Waals surface area contributed by atoms with Crippen molar-refractivity contribution in [2.45, 2.75) is 13.3 Å². The van der Waals surface area contributed by atoms with Crippen LogP contribution in [-0.2, 0) is 16.0 Å². The Kier molecular flexibility index (Phi) is 5.43. The molecule has 3 aromatic rings. The lowest BCUT2D eigenvalue weighted by Gasteiger charge is -2.08. The van der Waals surface area contributed by atoms with E-state index >= 15 is 0 Å². The van der Waals surface area contributed by atoms with Gasteiger partial charge in [-0.2, -0.15) is 0 Å². The van der Waals surface area contributed by atoms with Crippen molar-refractivity contribution in [2.24, 2.45) is 0 Å². The molecule has 26 heavy (non-hydrogen) atoms. The van der Waals surface area contributed by atoms with E-state index in [1.807, 2.05) is 5.38 Å². The van der Waals surface area contributed by atoms with Crippen LogP contribution < -0.4 is 10.6 Å². The number of nitrogens with zero attached hydrogens (tertiary/aromatic N) is 2. The molecule has 0 bridgehead atoms. The van der Waals surface area contributed by atoms with E-state index in [0.29, 0.717) is 5.82 Å². The first kappa shape index (κ1) is 17.8. The molecule has 0 unspecified atom stereocenters. The van der Waals surface area contributed by atoms with Crippen molar-refractivity contribution in [3.63, 3.8) is 0 Å². The van der Waals surface area contributed by atoms with Crippen LogP contribution in [0.25, 0.3) is 21.3 Å². The summed E-state index contributed by atoms with van der Waals surface area (Å²) in [6, 6.07) is 8.32. The van der Waals surface area contributed by atoms with Gasteiger partial charge in [0.15, 0.2) is 0 Å². The van der Waals surface area contributed by atoms with Crippen LogP contribution in [-0.4, -0.2) is 40.0 Å². The maximum absolute atomic E-state index is 11.7. The molecule has 3 rings (SSSR count). The lowest BCUT2D eigenvalue weighted by Crippen LogP contribution is -2.34. The molecule has 1 amide bonds. The summed E-state index contributed by atoms with van der Waals surface area (Å²) >= 11 is 1.51. The zero-order chi connectivity index (χ0) is 18.5. The number of benzene rings is 1. The van der Waals surface area contributed by atoms with Gasteiger partial charge in [-0.25, -0.2) is 9.97 Å². The molecule has 0 radical (unpaired) electrons. The Morgan fingerprint density at radius 1 is 1.15 bits per heavy atom. The summed E-state index contributed by atoms with van der Waals surface area (Å²) in [7, 11) is 0. The topological polar surface area (TPSA) is 104 Å². The number of carbonyl (C=O) groups is 2. The Morgan fingerprint density at radius 2 is 1.92 bits per heavy atom. The number of aromatic nitrogens is 2. The minimum atomic E-state index is -1.08. The highest BCUT2D eigenvalue weighted by Gasteiger charge is 2.14. The van der Waals surface area contributed by atoms with Gasteiger partial charge in [0.1, 0.15) is 23.5 Å². The average molecular weight is 370 g/mol. The molecule has 0 aliphatic rings. The largest absolute Gasteiger partial charge is 0.480 e. The van der Waals surface area contributed by atoms with Crippen molar-refractivity contribution in [3.8, 4) is 11.1 Å². The van der Waals surface area contributed by atoms with Crippen molar-refractivity contribution in [2.75, 3.05) is 18.4 Å². The second-order valence-corrected chi connectivity index (χ2v) is 6.48. The predicted molar refractivity (Wildman–Crippen MR) is 101 cm³/mol. The summed E-state index contributed by atoms with van der Waals surface area (Å²) in [5.41, 5.74) is 3.32. The standard InChI is InChI=1S/C18H18N4O3S/c1-2-11-3-5-12(6-4-11)13-9-26-18-16(13)17(21-10-22-18)20-7-14(23)19-8-15(24)25/h3-6,9-10H,2,7-8H2,1H3,(H,19,23)(H,24,25)(H,20,21,22). The molecule has 7 nitrogen and oxygen atoms in total. The number of carboxylic acid groups (broad SMARTS) is 1. The highest BCUT2D eigenvalue weighted by Crippen LogP contribution is 2.36. The predicted octanol–water partition coefficient (Wildman–Crippen LogP) is 2.53. The Bertz CT molecular complexity index is 937. The van der Waals surface area contributed by atoms with E-state index in [0.717, 1.165) is 27.8 Å². The molecule has 0 saturated carbocycles. The second-order valence-electron chi connectivity index (χ2n) is 5.63. The quantitative estimate of drug-likeness (QED) is 0.590. The molecule has 0 aliphatic heterocycles. The molecule has 2 heterocycles. The first-order chi connectivity index (χ1) is 12.6. The Hall–Kier alpha value is -3.00. The smallest absolute Gasteiger partial charge is 0.322 e. The Labute approximate surface area is 154 Å². The van der Waals surface area contributed by atoms with Crippen LogP contribution in [0.3, 0.4) is 0 Å². The van der Waals surface area contributed by atoms with Gasteiger partial charge in [0.05, 0.1) is 11.9 Å². The zero-order valence-corrected chi connectivity index (χ0v) is 15.0. The number of fused-ring (bicyclic) bond motifs is 1. The normalized spacial score (nSPS) is 10.7. The van der Waals surface area contributed by atoms with Crippen LogP contribution in [0.5, 0.6) is 0 Å². The third-order valence-corrected chi connectivity index (χ3v) is 4.78. The van der Waals surface area contributed by atoms with Crippen LogP contribution in [0.1, 0.15) is 12.5 Å². The molecule has 0 saturated heterocycles. The van der Waals surface area contributed by atoms with Gasteiger partial charge < -0.3 is 15.7 Å². The Morgan fingerprint density at radius 3 is 2.62 bits per heavy atom. The number of aliphatic carboxylic acids is 1. The average Bonchev–Trinajstić information content (AvgIpc) is 3.09. The van der Waals surface area contributed by atoms with Crippen LogP contribution in [0.4, 0.5) is 5.82 Å². The van der Waals surface area contributed by atoms with E-state index in [1.165, 1.54) is 23.2 Å². The SMILES string of the molecule is CCc1ccc(-c2csc3ncnc(NCC(=O)NCC(=O)O)c23)cc1. The van der Waals surface area contributed by atoms with Crippen LogP contribution in [0.15, 0.2) is 36.0 Å². The van der Waals surface area contributed by atoms with E-state index in [4.69, 9.17) is 5.11 Å². The van der Waals surface area contributed by atoms with E-state index < -0.39 is 18.4 Å². The number of carbonyl (C=O) groups excluding carboxylic acids is 1. The van der Waals surface area contributed by atoms with Gasteiger partial charge in [-0.1, -0.05) is 31.2 Å². The molecule has 2 aromatic heterocycles. The lowest BCUT2D eigenvalue weighted by atomic mass is 10.0. The summed E-state index contributed by atoms with van der Waals surface area (Å²) in [4.78, 5) is 31.6. The molecular weight excluding hydrogens is 352 g/mol. The first-order valence-corrected chi connectivity index (χ1v) is 9.00. The molecule has 8 heteroatoms. The van der Waals surface area contributed by atoms with E-state index in [1.54, 1.807) is 0 Å². The Balaban J connectivity index is 1.85. The van der Waals surface area contributed by atoms with Crippen molar-refractivity contribution < 1.29 is 14.7 Å². The fourth-order valence-corrected chi connectivity index (χ4v) is 3.46. The molecule has 0 aliphatic carbocycles. The number of anilines is 1. The van der Waals surface area contributed by atoms with E-state index in [2.05, 4.69) is 51.8 Å². The second kappa shape index (κ2) is 7.92. The monoisotopic (exact) mass is 370 g/mol. The maximum Gasteiger partial charge on any atom is 0.322 e. The molecule has 1 aromatic carbocycles. The van der Waals surface area contributed by atoms with E-state index in [9.17, 15) is 9.59 Å². The van der Waals surface area contributed by atoms with E-state index in [-0.39, 0.29) is 6.54 Å². The first-order valence-electron chi connectivity index (χ1n) is 8.12. The van der Waals surface area contributed by atoms with Crippen LogP contribution in [0, 0.1) is 0 Å². The highest BCUT2D eigenvalue weighted by molar-refractivity contribution is 7.17. The third kappa shape index (κ3) is 3.97. The van der Waals surface area contributed by atoms with Gasteiger partial charge in [-0.05, 0) is 17.5 Å². The van der Waals surface area contributed by atoms with Crippen molar-refractivity contribution in [1.82, 2.24) is 15.3 Å². The summed E-state index contributed by atoms with van der Waals surface area (Å²) in [5, 5.41) is 16.8. The van der Waals surface area contributed by atoms with Crippen molar-refractivity contribution in [3.05, 3.63) is 41.5 Å². The molecule has 0 spiro atoms. The highest BCUT2D eigenvalue weighted by atomic mass is 32.1. The number of nitrogens with one attached hydrogen (secondary N) is 2. The fourth-order valence-electron chi connectivity index (χ4n) is 2.54. The minimum absolute atomic E-state index is 0.0660. The van der Waals surface area contributed by atoms with Crippen LogP contribution >= 0.6 is 11.3 Å². The molecule has 0 atom stereocenters. The molecule has 134 valence electrons. The van der Waals surface area contributed by atoms with Gasteiger partial charge in [-0.3, -0.25) is 9.59 Å². The summed E-state index contributed by atoms with van der Waals surface area (Å²) < 4.78 is 0. The fraction of sp³-hybridized carbons (Fsp3) is 0.222. The van der Waals surface area contributed by atoms with Gasteiger partial charge >= 0.3 is 5.97 Å². The summed E-state index contributed by atoms with van der Waals surface area (Å²) in [5.74, 6) is -0.946.